The van der Waals surface area contributed by atoms with E-state index in [1.807, 2.05) is 24.3 Å². The van der Waals surface area contributed by atoms with E-state index in [4.69, 9.17) is 24.1 Å². The van der Waals surface area contributed by atoms with Gasteiger partial charge in [0.15, 0.2) is 27.4 Å². The lowest BCUT2D eigenvalue weighted by Crippen LogP contribution is -2.33. The second kappa shape index (κ2) is 16.8. The van der Waals surface area contributed by atoms with Crippen molar-refractivity contribution in [1.82, 2.24) is 5.32 Å². The molecule has 0 saturated heterocycles. The molecule has 46 heavy (non-hydrogen) atoms. The molecule has 5 N–H and O–H groups in total. The summed E-state index contributed by atoms with van der Waals surface area (Å²) in [6.45, 7) is 2.69. The summed E-state index contributed by atoms with van der Waals surface area (Å²) >= 11 is 0. The molecule has 5 rings (SSSR count). The first-order valence-corrected chi connectivity index (χ1v) is 17.0. The second-order valence-corrected chi connectivity index (χ2v) is 13.7. The lowest BCUT2D eigenvalue weighted by molar-refractivity contribution is -0.134. The Bertz CT molecular complexity index is 1550. The van der Waals surface area contributed by atoms with Crippen LogP contribution in [0.2, 0.25) is 0 Å². The topological polar surface area (TPSA) is 172 Å². The molecule has 11 nitrogen and oxygen atoms in total. The smallest absolute Gasteiger partial charge is 0.300 e. The van der Waals surface area contributed by atoms with Crippen LogP contribution in [0.15, 0.2) is 65.6 Å². The molecular formula is C34H43NO10S. The third-order valence-corrected chi connectivity index (χ3v) is 10.1. The predicted molar refractivity (Wildman–Crippen MR) is 171 cm³/mol. The van der Waals surface area contributed by atoms with Gasteiger partial charge in [-0.3, -0.25) is 4.79 Å². The fraction of sp³-hybridized carbons (Fsp3) is 0.441. The first-order valence-electron chi connectivity index (χ1n) is 15.4. The molecule has 0 amide bonds. The van der Waals surface area contributed by atoms with Gasteiger partial charge < -0.3 is 40.0 Å². The number of carboxylic acid groups (broad SMARTS) is 1. The van der Waals surface area contributed by atoms with Crippen molar-refractivity contribution < 1.29 is 47.8 Å². The SMILES string of the molecule is CC(=O)O.O=S(=O)(c1cccc(COC[C@@H]2COc3ccc(CCNC[C@H](O)c4ccc(O)c(CO)c4)cc3O2)c1)C1CCCC1. The van der Waals surface area contributed by atoms with Gasteiger partial charge in [0.05, 0.1) is 36.1 Å². The zero-order valence-corrected chi connectivity index (χ0v) is 26.7. The second-order valence-electron chi connectivity index (χ2n) is 11.5. The highest BCUT2D eigenvalue weighted by Gasteiger charge is 2.30. The summed E-state index contributed by atoms with van der Waals surface area (Å²) < 4.78 is 43.8. The number of ether oxygens (including phenoxy) is 3. The van der Waals surface area contributed by atoms with Crippen LogP contribution in [0.1, 0.15) is 61.0 Å². The third-order valence-electron chi connectivity index (χ3n) is 7.85. The Hall–Kier alpha value is -3.68. The number of sulfone groups is 1. The first kappa shape index (κ1) is 35.2. The maximum atomic E-state index is 12.9. The van der Waals surface area contributed by atoms with Crippen LogP contribution in [0.3, 0.4) is 0 Å². The lowest BCUT2D eigenvalue weighted by atomic mass is 10.1. The number of fused-ring (bicyclic) bond motifs is 1. The maximum Gasteiger partial charge on any atom is 0.300 e. The number of hydrogen-bond acceptors (Lipinski definition) is 10. The number of aliphatic hydroxyl groups excluding tert-OH is 2. The highest BCUT2D eigenvalue weighted by atomic mass is 32.2. The number of carboxylic acids is 1. The number of aliphatic carboxylic acids is 1. The zero-order valence-electron chi connectivity index (χ0n) is 25.9. The summed E-state index contributed by atoms with van der Waals surface area (Å²) in [5.41, 5.74) is 2.86. The number of aromatic hydroxyl groups is 1. The quantitative estimate of drug-likeness (QED) is 0.169. The van der Waals surface area contributed by atoms with Gasteiger partial charge in [0.2, 0.25) is 0 Å². The van der Waals surface area contributed by atoms with Crippen molar-refractivity contribution in [3.63, 3.8) is 0 Å². The van der Waals surface area contributed by atoms with Crippen LogP contribution in [0.4, 0.5) is 0 Å². The number of aliphatic hydroxyl groups is 2. The minimum absolute atomic E-state index is 0.00555. The van der Waals surface area contributed by atoms with Crippen LogP contribution in [-0.2, 0) is 39.0 Å². The van der Waals surface area contributed by atoms with E-state index in [1.165, 1.54) is 6.07 Å². The van der Waals surface area contributed by atoms with Crippen molar-refractivity contribution in [2.45, 2.75) is 74.6 Å². The summed E-state index contributed by atoms with van der Waals surface area (Å²) in [6.07, 6.45) is 3.06. The number of carbonyl (C=O) groups is 1. The van der Waals surface area contributed by atoms with Crippen molar-refractivity contribution in [3.8, 4) is 17.2 Å². The van der Waals surface area contributed by atoms with Crippen molar-refractivity contribution in [1.29, 1.82) is 0 Å². The Morgan fingerprint density at radius 1 is 1.04 bits per heavy atom. The number of hydrogen-bond donors (Lipinski definition) is 5. The summed E-state index contributed by atoms with van der Waals surface area (Å²) in [7, 11) is -3.31. The minimum atomic E-state index is -3.31. The maximum absolute atomic E-state index is 12.9. The van der Waals surface area contributed by atoms with Gasteiger partial charge in [-0.1, -0.05) is 37.1 Å². The van der Waals surface area contributed by atoms with Gasteiger partial charge in [-0.2, -0.15) is 0 Å². The Morgan fingerprint density at radius 3 is 2.54 bits per heavy atom. The van der Waals surface area contributed by atoms with Crippen LogP contribution in [0.25, 0.3) is 0 Å². The summed E-state index contributed by atoms with van der Waals surface area (Å²) in [6, 6.07) is 17.6. The van der Waals surface area contributed by atoms with Crippen molar-refractivity contribution in [3.05, 3.63) is 82.9 Å². The van der Waals surface area contributed by atoms with Crippen LogP contribution in [0, 0.1) is 0 Å². The molecule has 3 aromatic rings. The molecule has 2 atom stereocenters. The Kier molecular flexibility index (Phi) is 12.8. The highest BCUT2D eigenvalue weighted by Crippen LogP contribution is 2.33. The molecule has 1 saturated carbocycles. The Balaban J connectivity index is 0.00000113. The monoisotopic (exact) mass is 657 g/mol. The van der Waals surface area contributed by atoms with E-state index in [-0.39, 0.29) is 30.3 Å². The summed E-state index contributed by atoms with van der Waals surface area (Å²) in [4.78, 5) is 9.37. The van der Waals surface area contributed by atoms with E-state index < -0.39 is 21.9 Å². The van der Waals surface area contributed by atoms with Crippen LogP contribution in [0.5, 0.6) is 17.2 Å². The average molecular weight is 658 g/mol. The predicted octanol–water partition coefficient (Wildman–Crippen LogP) is 3.91. The van der Waals surface area contributed by atoms with Crippen LogP contribution >= 0.6 is 0 Å². The van der Waals surface area contributed by atoms with Crippen LogP contribution < -0.4 is 14.8 Å². The fourth-order valence-corrected chi connectivity index (χ4v) is 7.36. The normalized spacial score (nSPS) is 16.8. The van der Waals surface area contributed by atoms with E-state index in [0.29, 0.717) is 60.2 Å². The number of benzene rings is 3. The standard InChI is InChI=1S/C32H39NO8S.C2H4O2/c34-18-25-16-24(9-10-29(25)35)30(36)17-33-13-12-22-8-11-31-32(15-22)41-26(21-40-31)20-39-19-23-4-3-7-28(14-23)42(37,38)27-5-1-2-6-27;1-2(3)4/h3-4,7-11,14-16,26-27,30,33-36H,1-2,5-6,12-13,17-21H2;1H3,(H,3,4)/t26-,30+;/m1./s1. The summed E-state index contributed by atoms with van der Waals surface area (Å²) in [5, 5.41) is 39.9. The van der Waals surface area contributed by atoms with Gasteiger partial charge >= 0.3 is 0 Å². The summed E-state index contributed by atoms with van der Waals surface area (Å²) in [5.74, 6) is 0.499. The van der Waals surface area contributed by atoms with Gasteiger partial charge in [-0.15, -0.1) is 0 Å². The number of rotatable bonds is 13. The molecule has 250 valence electrons. The molecular weight excluding hydrogens is 614 g/mol. The van der Waals surface area contributed by atoms with E-state index in [0.717, 1.165) is 43.7 Å². The van der Waals surface area contributed by atoms with Crippen LogP contribution in [-0.4, -0.2) is 72.5 Å². The molecule has 0 unspecified atom stereocenters. The van der Waals surface area contributed by atoms with Gasteiger partial charge in [-0.05, 0) is 78.9 Å². The molecule has 0 radical (unpaired) electrons. The van der Waals surface area contributed by atoms with Gasteiger partial charge in [-0.25, -0.2) is 8.42 Å². The van der Waals surface area contributed by atoms with Gasteiger partial charge in [0.25, 0.3) is 5.97 Å². The van der Waals surface area contributed by atoms with Crippen molar-refractivity contribution in [2.24, 2.45) is 0 Å². The van der Waals surface area contributed by atoms with Gasteiger partial charge in [0, 0.05) is 19.0 Å². The molecule has 1 aliphatic carbocycles. The third kappa shape index (κ3) is 9.91. The molecule has 2 aliphatic rings. The molecule has 1 aliphatic heterocycles. The average Bonchev–Trinajstić information content (AvgIpc) is 3.59. The molecule has 1 heterocycles. The molecule has 0 spiro atoms. The zero-order chi connectivity index (χ0) is 33.1. The first-order chi connectivity index (χ1) is 22.1. The molecule has 1 fully saturated rings. The molecule has 3 aromatic carbocycles. The van der Waals surface area contributed by atoms with Gasteiger partial charge in [0.1, 0.15) is 12.4 Å². The van der Waals surface area contributed by atoms with E-state index in [9.17, 15) is 23.7 Å². The van der Waals surface area contributed by atoms with Crippen molar-refractivity contribution in [2.75, 3.05) is 26.3 Å². The van der Waals surface area contributed by atoms with E-state index in [2.05, 4.69) is 5.32 Å². The number of nitrogens with one attached hydrogen (secondary N) is 1. The minimum Gasteiger partial charge on any atom is -0.508 e. The van der Waals surface area contributed by atoms with Crippen molar-refractivity contribution >= 4 is 15.8 Å². The Morgan fingerprint density at radius 2 is 1.80 bits per heavy atom. The highest BCUT2D eigenvalue weighted by molar-refractivity contribution is 7.92. The molecule has 12 heteroatoms. The number of phenols is 1. The molecule has 0 aromatic heterocycles. The van der Waals surface area contributed by atoms with E-state index in [1.54, 1.807) is 30.3 Å². The fourth-order valence-electron chi connectivity index (χ4n) is 5.44. The Labute approximate surface area is 269 Å². The molecule has 0 bridgehead atoms. The van der Waals surface area contributed by atoms with E-state index >= 15 is 0 Å². The largest absolute Gasteiger partial charge is 0.508 e. The lowest BCUT2D eigenvalue weighted by Gasteiger charge is -2.27.